The predicted octanol–water partition coefficient (Wildman–Crippen LogP) is 3.02. The molecule has 0 spiro atoms. The monoisotopic (exact) mass is 434 g/mol. The van der Waals surface area contributed by atoms with Crippen LogP contribution in [0.4, 0.5) is 0 Å². The van der Waals surface area contributed by atoms with Crippen LogP contribution in [0.5, 0.6) is 0 Å². The first kappa shape index (κ1) is 21.6. The smallest absolute Gasteiger partial charge is 0.281 e. The molecule has 32 heavy (non-hydrogen) atoms. The summed E-state index contributed by atoms with van der Waals surface area (Å²) in [4.78, 5) is 54.1. The number of carbonyl (C=O) groups excluding carboxylic acids is 3. The largest absolute Gasteiger partial charge is 0.346 e. The molecule has 0 unspecified atom stereocenters. The number of benzene rings is 1. The van der Waals surface area contributed by atoms with Crippen molar-refractivity contribution in [2.75, 3.05) is 6.54 Å². The van der Waals surface area contributed by atoms with Gasteiger partial charge in [-0.15, -0.1) is 0 Å². The number of hydrogen-bond donors (Lipinski definition) is 2. The van der Waals surface area contributed by atoms with E-state index in [1.165, 1.54) is 17.3 Å². The molecule has 1 aromatic carbocycles. The molecule has 1 aliphatic rings. The lowest BCUT2D eigenvalue weighted by molar-refractivity contribution is -0.122. The molecule has 3 amide bonds. The normalized spacial score (nSPS) is 14.3. The summed E-state index contributed by atoms with van der Waals surface area (Å²) in [5.41, 5.74) is 2.05. The minimum absolute atomic E-state index is 0.0433. The van der Waals surface area contributed by atoms with E-state index < -0.39 is 11.8 Å². The number of nitrogens with one attached hydrogen (secondary N) is 2. The molecule has 2 aromatic heterocycles. The molecule has 2 N–H and O–H groups in total. The molecule has 4 rings (SSSR count). The van der Waals surface area contributed by atoms with Gasteiger partial charge in [0.25, 0.3) is 11.8 Å². The van der Waals surface area contributed by atoms with Gasteiger partial charge in [-0.2, -0.15) is 0 Å². The van der Waals surface area contributed by atoms with Crippen LogP contribution in [0.2, 0.25) is 0 Å². The summed E-state index contributed by atoms with van der Waals surface area (Å²) in [5.74, 6) is 0.0825. The third-order valence-electron chi connectivity index (χ3n) is 5.56. The lowest BCUT2D eigenvalue weighted by atomic mass is 10.0. The zero-order valence-electron chi connectivity index (χ0n) is 18.2. The van der Waals surface area contributed by atoms with Crippen molar-refractivity contribution in [3.8, 4) is 0 Å². The highest BCUT2D eigenvalue weighted by atomic mass is 16.2. The van der Waals surface area contributed by atoms with E-state index in [-0.39, 0.29) is 29.3 Å². The number of hydrogen-bond acceptors (Lipinski definition) is 6. The fourth-order valence-electron chi connectivity index (χ4n) is 3.85. The Balaban J connectivity index is 1.24. The molecule has 0 radical (unpaired) electrons. The molecular formula is C23H26N6O3. The third-order valence-corrected chi connectivity index (χ3v) is 5.56. The van der Waals surface area contributed by atoms with Crippen LogP contribution in [-0.2, 0) is 4.79 Å². The number of H-pyrrole nitrogens is 1. The molecule has 0 aliphatic carbocycles. The van der Waals surface area contributed by atoms with E-state index in [9.17, 15) is 14.4 Å². The summed E-state index contributed by atoms with van der Waals surface area (Å²) in [6.45, 7) is 4.39. The molecule has 0 saturated heterocycles. The lowest BCUT2D eigenvalue weighted by Gasteiger charge is -2.20. The molecule has 9 heteroatoms. The predicted molar refractivity (Wildman–Crippen MR) is 118 cm³/mol. The van der Waals surface area contributed by atoms with Crippen LogP contribution in [0.15, 0.2) is 36.7 Å². The molecule has 0 fully saturated rings. The van der Waals surface area contributed by atoms with Crippen molar-refractivity contribution in [2.24, 2.45) is 5.92 Å². The van der Waals surface area contributed by atoms with E-state index >= 15 is 0 Å². The number of aromatic amines is 1. The number of imide groups is 1. The molecular weight excluding hydrogens is 408 g/mol. The van der Waals surface area contributed by atoms with Crippen LogP contribution in [-0.4, -0.2) is 49.1 Å². The van der Waals surface area contributed by atoms with Crippen LogP contribution >= 0.6 is 0 Å². The van der Waals surface area contributed by atoms with Gasteiger partial charge in [-0.05, 0) is 30.9 Å². The SMILES string of the molecule is CC(C)[C@H](NC(=O)CCCCCN1C(=O)c2nccnc2C1=O)c1nc2ccccc2[nH]1. The molecule has 1 atom stereocenters. The third kappa shape index (κ3) is 4.37. The van der Waals surface area contributed by atoms with Crippen molar-refractivity contribution in [1.82, 2.24) is 30.2 Å². The van der Waals surface area contributed by atoms with Gasteiger partial charge in [-0.1, -0.05) is 32.4 Å². The number of amides is 3. The number of imidazole rings is 1. The Morgan fingerprint density at radius 2 is 1.72 bits per heavy atom. The van der Waals surface area contributed by atoms with Gasteiger partial charge >= 0.3 is 0 Å². The quantitative estimate of drug-likeness (QED) is 0.394. The van der Waals surface area contributed by atoms with E-state index in [4.69, 9.17) is 0 Å². The highest BCUT2D eigenvalue weighted by Crippen LogP contribution is 2.23. The Labute approximate surface area is 185 Å². The maximum Gasteiger partial charge on any atom is 0.281 e. The Kier molecular flexibility index (Phi) is 6.25. The number of rotatable bonds is 9. The van der Waals surface area contributed by atoms with Gasteiger partial charge in [0.1, 0.15) is 5.82 Å². The Morgan fingerprint density at radius 1 is 1.03 bits per heavy atom. The number of unbranched alkanes of at least 4 members (excludes halogenated alkanes) is 2. The highest BCUT2D eigenvalue weighted by Gasteiger charge is 2.37. The van der Waals surface area contributed by atoms with Crippen LogP contribution in [0, 0.1) is 5.92 Å². The second-order valence-corrected chi connectivity index (χ2v) is 8.25. The number of aromatic nitrogens is 4. The van der Waals surface area contributed by atoms with E-state index in [1.54, 1.807) is 0 Å². The van der Waals surface area contributed by atoms with Crippen molar-refractivity contribution in [3.63, 3.8) is 0 Å². The van der Waals surface area contributed by atoms with Crippen LogP contribution in [0.25, 0.3) is 11.0 Å². The first-order chi connectivity index (χ1) is 15.5. The fourth-order valence-corrected chi connectivity index (χ4v) is 3.85. The summed E-state index contributed by atoms with van der Waals surface area (Å²) >= 11 is 0. The van der Waals surface area contributed by atoms with Crippen LogP contribution < -0.4 is 5.32 Å². The lowest BCUT2D eigenvalue weighted by Crippen LogP contribution is -2.32. The average molecular weight is 435 g/mol. The summed E-state index contributed by atoms with van der Waals surface area (Å²) in [7, 11) is 0. The first-order valence-corrected chi connectivity index (χ1v) is 10.9. The van der Waals surface area contributed by atoms with Crippen molar-refractivity contribution in [1.29, 1.82) is 0 Å². The second-order valence-electron chi connectivity index (χ2n) is 8.25. The Hall–Kier alpha value is -3.62. The van der Waals surface area contributed by atoms with E-state index in [2.05, 4.69) is 25.3 Å². The number of nitrogens with zero attached hydrogens (tertiary/aromatic N) is 4. The molecule has 3 heterocycles. The Bertz CT molecular complexity index is 1090. The standard InChI is InChI=1S/C23H26N6O3/c1-14(2)18(21-26-15-8-5-6-9-16(15)27-21)28-17(30)10-4-3-7-13-29-22(31)19-20(23(29)32)25-12-11-24-19/h5-6,8-9,11-12,14,18H,3-4,7,10,13H2,1-2H3,(H,26,27)(H,28,30)/t18-/m0/s1. The molecule has 0 bridgehead atoms. The maximum atomic E-state index is 12.5. The zero-order chi connectivity index (χ0) is 22.7. The molecule has 1 aliphatic heterocycles. The summed E-state index contributed by atoms with van der Waals surface area (Å²) < 4.78 is 0. The van der Waals surface area contributed by atoms with Crippen molar-refractivity contribution in [3.05, 3.63) is 53.9 Å². The van der Waals surface area contributed by atoms with E-state index in [1.807, 2.05) is 38.1 Å². The van der Waals surface area contributed by atoms with Crippen molar-refractivity contribution >= 4 is 28.8 Å². The van der Waals surface area contributed by atoms with Crippen molar-refractivity contribution in [2.45, 2.75) is 45.6 Å². The molecule has 9 nitrogen and oxygen atoms in total. The maximum absolute atomic E-state index is 12.5. The average Bonchev–Trinajstić information content (AvgIpc) is 3.32. The van der Waals surface area contributed by atoms with Gasteiger partial charge in [0.2, 0.25) is 5.91 Å². The highest BCUT2D eigenvalue weighted by molar-refractivity contribution is 6.19. The molecule has 166 valence electrons. The number of para-hydroxylation sites is 2. The van der Waals surface area contributed by atoms with Gasteiger partial charge in [0.05, 0.1) is 17.1 Å². The van der Waals surface area contributed by atoms with E-state index in [0.717, 1.165) is 23.3 Å². The topological polar surface area (TPSA) is 121 Å². The minimum atomic E-state index is -0.401. The molecule has 3 aromatic rings. The van der Waals surface area contributed by atoms with Gasteiger partial charge in [-0.25, -0.2) is 15.0 Å². The minimum Gasteiger partial charge on any atom is -0.346 e. The zero-order valence-corrected chi connectivity index (χ0v) is 18.2. The molecule has 0 saturated carbocycles. The van der Waals surface area contributed by atoms with Gasteiger partial charge in [0.15, 0.2) is 11.4 Å². The van der Waals surface area contributed by atoms with Gasteiger partial charge in [0, 0.05) is 25.4 Å². The van der Waals surface area contributed by atoms with E-state index in [0.29, 0.717) is 25.8 Å². The van der Waals surface area contributed by atoms with Crippen molar-refractivity contribution < 1.29 is 14.4 Å². The fraction of sp³-hybridized carbons (Fsp3) is 0.391. The second kappa shape index (κ2) is 9.25. The first-order valence-electron chi connectivity index (χ1n) is 10.9. The van der Waals surface area contributed by atoms with Crippen LogP contribution in [0.1, 0.15) is 72.4 Å². The number of fused-ring (bicyclic) bond motifs is 2. The summed E-state index contributed by atoms with van der Waals surface area (Å²) in [6, 6.07) is 7.58. The Morgan fingerprint density at radius 3 is 2.38 bits per heavy atom. The number of carbonyl (C=O) groups is 3. The summed E-state index contributed by atoms with van der Waals surface area (Å²) in [6.07, 6.45) is 5.18. The van der Waals surface area contributed by atoms with Gasteiger partial charge in [-0.3, -0.25) is 19.3 Å². The van der Waals surface area contributed by atoms with Gasteiger partial charge < -0.3 is 10.3 Å². The summed E-state index contributed by atoms with van der Waals surface area (Å²) in [5, 5.41) is 3.08. The van der Waals surface area contributed by atoms with Crippen LogP contribution in [0.3, 0.4) is 0 Å².